The van der Waals surface area contributed by atoms with E-state index in [2.05, 4.69) is 95.6 Å². The Labute approximate surface area is 199 Å². The summed E-state index contributed by atoms with van der Waals surface area (Å²) in [6.07, 6.45) is 3.25. The molecular formula is C30H48N2. The summed E-state index contributed by atoms with van der Waals surface area (Å²) in [5, 5.41) is 0. The largest absolute Gasteiger partial charge is 0.299 e. The van der Waals surface area contributed by atoms with Crippen LogP contribution in [0.5, 0.6) is 0 Å². The van der Waals surface area contributed by atoms with Gasteiger partial charge in [-0.25, -0.2) is 4.98 Å². The van der Waals surface area contributed by atoms with E-state index in [0.29, 0.717) is 0 Å². The lowest BCUT2D eigenvalue weighted by atomic mass is 9.79. The van der Waals surface area contributed by atoms with Gasteiger partial charge in [0.25, 0.3) is 0 Å². The standard InChI is InChI=1S/C24H30N2.3C2H6/c1-8-24(6,7)21-12-10-9-11-20(21)23-25-19(5)15-26(23)22-17(3)13-16(2)14-18(22)4;3*1-2/h9-15H,8H2,1-7H3;3*1-2H3. The summed E-state index contributed by atoms with van der Waals surface area (Å²) < 4.78 is 2.28. The fourth-order valence-electron chi connectivity index (χ4n) is 3.87. The summed E-state index contributed by atoms with van der Waals surface area (Å²) in [4.78, 5) is 4.93. The summed E-state index contributed by atoms with van der Waals surface area (Å²) in [5.74, 6) is 1.04. The van der Waals surface area contributed by atoms with Crippen molar-refractivity contribution < 1.29 is 0 Å². The van der Waals surface area contributed by atoms with E-state index < -0.39 is 0 Å². The van der Waals surface area contributed by atoms with E-state index in [-0.39, 0.29) is 5.41 Å². The molecule has 2 aromatic carbocycles. The lowest BCUT2D eigenvalue weighted by Crippen LogP contribution is -2.17. The third-order valence-corrected chi connectivity index (χ3v) is 5.48. The van der Waals surface area contributed by atoms with E-state index in [1.165, 1.54) is 33.5 Å². The smallest absolute Gasteiger partial charge is 0.145 e. The number of aryl methyl sites for hydroxylation is 4. The molecule has 0 saturated carbocycles. The van der Waals surface area contributed by atoms with Crippen molar-refractivity contribution in [3.05, 3.63) is 70.5 Å². The monoisotopic (exact) mass is 436 g/mol. The zero-order chi connectivity index (χ0) is 25.1. The van der Waals surface area contributed by atoms with E-state index in [4.69, 9.17) is 4.98 Å². The quantitative estimate of drug-likeness (QED) is 0.398. The fourth-order valence-corrected chi connectivity index (χ4v) is 3.87. The van der Waals surface area contributed by atoms with Gasteiger partial charge in [0.2, 0.25) is 0 Å². The van der Waals surface area contributed by atoms with E-state index in [1.807, 2.05) is 41.5 Å². The minimum atomic E-state index is 0.110. The number of rotatable bonds is 4. The molecule has 0 bridgehead atoms. The van der Waals surface area contributed by atoms with Crippen LogP contribution in [0.15, 0.2) is 42.6 Å². The van der Waals surface area contributed by atoms with Gasteiger partial charge in [0, 0.05) is 11.8 Å². The molecule has 0 fully saturated rings. The minimum absolute atomic E-state index is 0.110. The average molecular weight is 437 g/mol. The highest BCUT2D eigenvalue weighted by molar-refractivity contribution is 5.67. The van der Waals surface area contributed by atoms with Gasteiger partial charge in [-0.15, -0.1) is 0 Å². The second-order valence-electron chi connectivity index (χ2n) is 8.11. The third kappa shape index (κ3) is 6.82. The van der Waals surface area contributed by atoms with Gasteiger partial charge in [-0.2, -0.15) is 0 Å². The van der Waals surface area contributed by atoms with Crippen molar-refractivity contribution in [2.24, 2.45) is 0 Å². The van der Waals surface area contributed by atoms with Crippen molar-refractivity contribution in [1.82, 2.24) is 9.55 Å². The molecule has 0 atom stereocenters. The summed E-state index contributed by atoms with van der Waals surface area (Å²) in [6.45, 7) is 27.5. The van der Waals surface area contributed by atoms with Gasteiger partial charge in [-0.1, -0.05) is 104 Å². The molecule has 0 aliphatic heterocycles. The average Bonchev–Trinajstić information content (AvgIpc) is 3.18. The normalized spacial score (nSPS) is 10.2. The molecule has 3 aromatic rings. The van der Waals surface area contributed by atoms with Crippen LogP contribution in [-0.4, -0.2) is 9.55 Å². The maximum Gasteiger partial charge on any atom is 0.145 e. The highest BCUT2D eigenvalue weighted by Gasteiger charge is 2.24. The van der Waals surface area contributed by atoms with E-state index in [1.54, 1.807) is 0 Å². The lowest BCUT2D eigenvalue weighted by Gasteiger charge is -2.26. The zero-order valence-corrected chi connectivity index (χ0v) is 23.1. The molecule has 0 aliphatic rings. The second kappa shape index (κ2) is 13.9. The molecule has 3 rings (SSSR count). The summed E-state index contributed by atoms with van der Waals surface area (Å²) in [5.41, 5.74) is 8.86. The van der Waals surface area contributed by atoms with Gasteiger partial charge < -0.3 is 0 Å². The van der Waals surface area contributed by atoms with Gasteiger partial charge in [-0.3, -0.25) is 4.57 Å². The third-order valence-electron chi connectivity index (χ3n) is 5.48. The summed E-state index contributed by atoms with van der Waals surface area (Å²) in [7, 11) is 0. The topological polar surface area (TPSA) is 17.8 Å². The van der Waals surface area contributed by atoms with Crippen LogP contribution in [0.1, 0.15) is 96.7 Å². The molecule has 0 aliphatic carbocycles. The van der Waals surface area contributed by atoms with Gasteiger partial charge >= 0.3 is 0 Å². The number of hydrogen-bond acceptors (Lipinski definition) is 1. The van der Waals surface area contributed by atoms with Crippen LogP contribution in [0.2, 0.25) is 0 Å². The number of imidazole rings is 1. The Morgan fingerprint density at radius 2 is 1.31 bits per heavy atom. The highest BCUT2D eigenvalue weighted by atomic mass is 15.1. The summed E-state index contributed by atoms with van der Waals surface area (Å²) in [6, 6.07) is 13.2. The predicted molar refractivity (Wildman–Crippen MR) is 145 cm³/mol. The first kappa shape index (κ1) is 29.7. The molecular weight excluding hydrogens is 388 g/mol. The molecule has 0 N–H and O–H groups in total. The fraction of sp³-hybridized carbons (Fsp3) is 0.500. The second-order valence-corrected chi connectivity index (χ2v) is 8.11. The van der Waals surface area contributed by atoms with Crippen molar-refractivity contribution in [3.63, 3.8) is 0 Å². The Balaban J connectivity index is 0.00000148. The van der Waals surface area contributed by atoms with Crippen LogP contribution in [0.3, 0.4) is 0 Å². The molecule has 0 radical (unpaired) electrons. The molecule has 1 heterocycles. The maximum absolute atomic E-state index is 4.93. The van der Waals surface area contributed by atoms with Crippen LogP contribution in [-0.2, 0) is 5.41 Å². The van der Waals surface area contributed by atoms with E-state index in [9.17, 15) is 0 Å². The summed E-state index contributed by atoms with van der Waals surface area (Å²) >= 11 is 0. The lowest BCUT2D eigenvalue weighted by molar-refractivity contribution is 0.507. The first-order valence-electron chi connectivity index (χ1n) is 12.5. The van der Waals surface area contributed by atoms with Gasteiger partial charge in [-0.05, 0) is 56.2 Å². The zero-order valence-electron chi connectivity index (χ0n) is 23.1. The molecule has 0 spiro atoms. The molecule has 2 nitrogen and oxygen atoms in total. The number of aromatic nitrogens is 2. The van der Waals surface area contributed by atoms with Crippen molar-refractivity contribution in [2.45, 2.75) is 102 Å². The molecule has 178 valence electrons. The Hall–Kier alpha value is -2.35. The Morgan fingerprint density at radius 3 is 1.81 bits per heavy atom. The SMILES string of the molecule is CC.CC.CC.CCC(C)(C)c1ccccc1-c1nc(C)cn1-c1c(C)cc(C)cc1C. The van der Waals surface area contributed by atoms with Crippen molar-refractivity contribution >= 4 is 0 Å². The van der Waals surface area contributed by atoms with Crippen LogP contribution in [0, 0.1) is 27.7 Å². The molecule has 1 aromatic heterocycles. The van der Waals surface area contributed by atoms with Gasteiger partial charge in [0.05, 0.1) is 11.4 Å². The molecule has 32 heavy (non-hydrogen) atoms. The van der Waals surface area contributed by atoms with Gasteiger partial charge in [0.1, 0.15) is 5.82 Å². The minimum Gasteiger partial charge on any atom is -0.299 e. The van der Waals surface area contributed by atoms with Crippen LogP contribution in [0.25, 0.3) is 17.1 Å². The Kier molecular flexibility index (Phi) is 12.9. The molecule has 0 amide bonds. The molecule has 0 saturated heterocycles. The number of hydrogen-bond donors (Lipinski definition) is 0. The van der Waals surface area contributed by atoms with Crippen molar-refractivity contribution in [2.75, 3.05) is 0 Å². The molecule has 0 unspecified atom stereocenters. The first-order valence-corrected chi connectivity index (χ1v) is 12.5. The van der Waals surface area contributed by atoms with E-state index >= 15 is 0 Å². The maximum atomic E-state index is 4.93. The van der Waals surface area contributed by atoms with Crippen LogP contribution < -0.4 is 0 Å². The Morgan fingerprint density at radius 1 is 0.812 bits per heavy atom. The Bertz CT molecular complexity index is 922. The number of nitrogens with zero attached hydrogens (tertiary/aromatic N) is 2. The number of benzene rings is 2. The molecule has 2 heteroatoms. The van der Waals surface area contributed by atoms with Gasteiger partial charge in [0.15, 0.2) is 0 Å². The van der Waals surface area contributed by atoms with Crippen LogP contribution in [0.4, 0.5) is 0 Å². The highest BCUT2D eigenvalue weighted by Crippen LogP contribution is 2.36. The van der Waals surface area contributed by atoms with Crippen molar-refractivity contribution in [1.29, 1.82) is 0 Å². The van der Waals surface area contributed by atoms with Crippen molar-refractivity contribution in [3.8, 4) is 17.1 Å². The van der Waals surface area contributed by atoms with Crippen LogP contribution >= 0.6 is 0 Å². The predicted octanol–water partition coefficient (Wildman–Crippen LogP) is 9.54. The first-order chi connectivity index (χ1) is 15.2. The van der Waals surface area contributed by atoms with E-state index in [0.717, 1.165) is 17.9 Å².